The number of carbonyl (C=O) groups is 2. The van der Waals surface area contributed by atoms with E-state index in [-0.39, 0.29) is 6.42 Å². The van der Waals surface area contributed by atoms with Gasteiger partial charge < -0.3 is 14.8 Å². The summed E-state index contributed by atoms with van der Waals surface area (Å²) in [6, 6.07) is 6.94. The highest BCUT2D eigenvalue weighted by Gasteiger charge is 2.25. The van der Waals surface area contributed by atoms with Gasteiger partial charge in [-0.1, -0.05) is 23.7 Å². The average molecular weight is 384 g/mol. The lowest BCUT2D eigenvalue weighted by Crippen LogP contribution is -2.43. The summed E-state index contributed by atoms with van der Waals surface area (Å²) in [5.74, 6) is -3.66. The Hall–Kier alpha value is -2.67. The molecule has 1 atom stereocenters. The smallest absolute Gasteiger partial charge is 0.328 e. The van der Waals surface area contributed by atoms with Crippen LogP contribution in [0.1, 0.15) is 15.9 Å². The second-order valence-corrected chi connectivity index (χ2v) is 5.73. The van der Waals surface area contributed by atoms with Gasteiger partial charge in [-0.3, -0.25) is 4.79 Å². The Labute approximate surface area is 153 Å². The van der Waals surface area contributed by atoms with E-state index >= 15 is 0 Å². The first kappa shape index (κ1) is 19.7. The van der Waals surface area contributed by atoms with Gasteiger partial charge in [-0.15, -0.1) is 0 Å². The molecule has 0 spiro atoms. The largest absolute Gasteiger partial charge is 0.495 e. The number of methoxy groups -OCH3 is 2. The van der Waals surface area contributed by atoms with Gasteiger partial charge in [0.05, 0.1) is 24.8 Å². The van der Waals surface area contributed by atoms with Crippen LogP contribution in [0.4, 0.5) is 8.78 Å². The molecule has 0 aromatic heterocycles. The normalized spacial score (nSPS) is 11.6. The van der Waals surface area contributed by atoms with Gasteiger partial charge in [-0.25, -0.2) is 13.6 Å². The van der Waals surface area contributed by atoms with Gasteiger partial charge in [0, 0.05) is 6.42 Å². The highest BCUT2D eigenvalue weighted by molar-refractivity contribution is 6.32. The number of ether oxygens (including phenoxy) is 2. The standard InChI is InChI=1S/C18H16ClF2NO4/c1-25-15-7-6-10(8-12(15)19)9-14(18(24)26-2)22-17(23)11-4-3-5-13(20)16(11)21/h3-8,14H,9H2,1-2H3,(H,22,23)/t14-/m0/s1. The minimum atomic E-state index is -1.29. The summed E-state index contributed by atoms with van der Waals surface area (Å²) in [6.45, 7) is 0. The summed E-state index contributed by atoms with van der Waals surface area (Å²) in [5.41, 5.74) is 0.109. The van der Waals surface area contributed by atoms with Gasteiger partial charge in [-0.05, 0) is 29.8 Å². The summed E-state index contributed by atoms with van der Waals surface area (Å²) in [5, 5.41) is 2.68. The topological polar surface area (TPSA) is 64.6 Å². The van der Waals surface area contributed by atoms with Gasteiger partial charge in [0.2, 0.25) is 0 Å². The molecule has 2 rings (SSSR count). The molecule has 1 N–H and O–H groups in total. The summed E-state index contributed by atoms with van der Waals surface area (Å²) in [6.07, 6.45) is 0.0407. The highest BCUT2D eigenvalue weighted by Crippen LogP contribution is 2.25. The third kappa shape index (κ3) is 4.49. The van der Waals surface area contributed by atoms with Crippen molar-refractivity contribution in [2.75, 3.05) is 14.2 Å². The average Bonchev–Trinajstić information content (AvgIpc) is 2.62. The molecule has 138 valence electrons. The van der Waals surface area contributed by atoms with E-state index in [1.807, 2.05) is 0 Å². The predicted molar refractivity (Wildman–Crippen MR) is 91.3 cm³/mol. The molecule has 8 heteroatoms. The highest BCUT2D eigenvalue weighted by atomic mass is 35.5. The Morgan fingerprint density at radius 2 is 1.92 bits per heavy atom. The first-order chi connectivity index (χ1) is 12.4. The number of esters is 1. The van der Waals surface area contributed by atoms with Crippen LogP contribution >= 0.6 is 11.6 Å². The molecule has 0 fully saturated rings. The number of hydrogen-bond acceptors (Lipinski definition) is 4. The minimum Gasteiger partial charge on any atom is -0.495 e. The van der Waals surface area contributed by atoms with Crippen molar-refractivity contribution >= 4 is 23.5 Å². The zero-order valence-corrected chi connectivity index (χ0v) is 14.8. The van der Waals surface area contributed by atoms with E-state index < -0.39 is 35.1 Å². The second kappa shape index (κ2) is 8.62. The molecule has 0 unspecified atom stereocenters. The first-order valence-electron chi connectivity index (χ1n) is 7.52. The Morgan fingerprint density at radius 1 is 1.19 bits per heavy atom. The fraction of sp³-hybridized carbons (Fsp3) is 0.222. The Kier molecular flexibility index (Phi) is 6.52. The Bertz CT molecular complexity index is 829. The van der Waals surface area contributed by atoms with Crippen molar-refractivity contribution in [3.63, 3.8) is 0 Å². The third-order valence-electron chi connectivity index (χ3n) is 3.64. The number of carbonyl (C=O) groups excluding carboxylic acids is 2. The number of halogens is 3. The molecule has 0 radical (unpaired) electrons. The SMILES string of the molecule is COC(=O)[C@H](Cc1ccc(OC)c(Cl)c1)NC(=O)c1cccc(F)c1F. The first-order valence-corrected chi connectivity index (χ1v) is 7.90. The molecular formula is C18H16ClF2NO4. The molecule has 0 saturated carbocycles. The molecule has 1 amide bonds. The van der Waals surface area contributed by atoms with E-state index in [2.05, 4.69) is 10.1 Å². The van der Waals surface area contributed by atoms with Crippen LogP contribution in [0.15, 0.2) is 36.4 Å². The lowest BCUT2D eigenvalue weighted by molar-refractivity contribution is -0.142. The van der Waals surface area contributed by atoms with E-state index in [1.165, 1.54) is 13.2 Å². The molecule has 26 heavy (non-hydrogen) atoms. The lowest BCUT2D eigenvalue weighted by atomic mass is 10.0. The summed E-state index contributed by atoms with van der Waals surface area (Å²) in [7, 11) is 2.62. The van der Waals surface area contributed by atoms with Gasteiger partial charge >= 0.3 is 5.97 Å². The van der Waals surface area contributed by atoms with E-state index in [0.717, 1.165) is 19.2 Å². The summed E-state index contributed by atoms with van der Waals surface area (Å²) >= 11 is 6.05. The van der Waals surface area contributed by atoms with Crippen molar-refractivity contribution in [1.29, 1.82) is 0 Å². The van der Waals surface area contributed by atoms with Gasteiger partial charge in [0.15, 0.2) is 11.6 Å². The lowest BCUT2D eigenvalue weighted by Gasteiger charge is -2.17. The molecule has 0 aliphatic heterocycles. The van der Waals surface area contributed by atoms with Crippen molar-refractivity contribution < 1.29 is 27.8 Å². The van der Waals surface area contributed by atoms with Crippen LogP contribution in [0.3, 0.4) is 0 Å². The molecule has 2 aromatic rings. The number of rotatable bonds is 6. The number of nitrogens with one attached hydrogen (secondary N) is 1. The molecule has 0 bridgehead atoms. The van der Waals surface area contributed by atoms with Crippen molar-refractivity contribution in [3.8, 4) is 5.75 Å². The van der Waals surface area contributed by atoms with Gasteiger partial charge in [0.1, 0.15) is 11.8 Å². The number of amides is 1. The Morgan fingerprint density at radius 3 is 2.54 bits per heavy atom. The molecule has 0 aliphatic carbocycles. The monoisotopic (exact) mass is 383 g/mol. The molecular weight excluding hydrogens is 368 g/mol. The zero-order valence-electron chi connectivity index (χ0n) is 14.0. The van der Waals surface area contributed by atoms with E-state index in [9.17, 15) is 18.4 Å². The van der Waals surface area contributed by atoms with Crippen LogP contribution in [-0.2, 0) is 16.0 Å². The zero-order chi connectivity index (χ0) is 19.3. The van der Waals surface area contributed by atoms with E-state index in [4.69, 9.17) is 16.3 Å². The summed E-state index contributed by atoms with van der Waals surface area (Å²) < 4.78 is 36.8. The van der Waals surface area contributed by atoms with E-state index in [1.54, 1.807) is 18.2 Å². The fourth-order valence-electron chi connectivity index (χ4n) is 2.32. The quantitative estimate of drug-likeness (QED) is 0.778. The van der Waals surface area contributed by atoms with Crippen LogP contribution in [0.5, 0.6) is 5.75 Å². The van der Waals surface area contributed by atoms with Crippen molar-refractivity contribution in [2.45, 2.75) is 12.5 Å². The van der Waals surface area contributed by atoms with Crippen LogP contribution in [0.2, 0.25) is 5.02 Å². The third-order valence-corrected chi connectivity index (χ3v) is 3.94. The second-order valence-electron chi connectivity index (χ2n) is 5.32. The maximum atomic E-state index is 13.8. The molecule has 2 aromatic carbocycles. The number of hydrogen-bond donors (Lipinski definition) is 1. The molecule has 0 heterocycles. The summed E-state index contributed by atoms with van der Waals surface area (Å²) in [4.78, 5) is 24.2. The van der Waals surface area contributed by atoms with Gasteiger partial charge in [0.25, 0.3) is 5.91 Å². The maximum Gasteiger partial charge on any atom is 0.328 e. The molecule has 5 nitrogen and oxygen atoms in total. The molecule has 0 aliphatic rings. The maximum absolute atomic E-state index is 13.8. The predicted octanol–water partition coefficient (Wildman–Crippen LogP) is 3.14. The van der Waals surface area contributed by atoms with Gasteiger partial charge in [-0.2, -0.15) is 0 Å². The molecule has 0 saturated heterocycles. The number of benzene rings is 2. The van der Waals surface area contributed by atoms with Crippen LogP contribution in [0.25, 0.3) is 0 Å². The fourth-order valence-corrected chi connectivity index (χ4v) is 2.60. The van der Waals surface area contributed by atoms with Crippen molar-refractivity contribution in [3.05, 3.63) is 64.2 Å². The minimum absolute atomic E-state index is 0.0407. The van der Waals surface area contributed by atoms with Crippen LogP contribution in [0, 0.1) is 11.6 Å². The van der Waals surface area contributed by atoms with Crippen LogP contribution < -0.4 is 10.1 Å². The van der Waals surface area contributed by atoms with Crippen molar-refractivity contribution in [2.24, 2.45) is 0 Å². The van der Waals surface area contributed by atoms with Crippen molar-refractivity contribution in [1.82, 2.24) is 5.32 Å². The van der Waals surface area contributed by atoms with Crippen LogP contribution in [-0.4, -0.2) is 32.1 Å². The van der Waals surface area contributed by atoms with E-state index in [0.29, 0.717) is 16.3 Å². The Balaban J connectivity index is 2.22.